The zero-order chi connectivity index (χ0) is 18.6. The molecule has 0 bridgehead atoms. The van der Waals surface area contributed by atoms with Crippen LogP contribution in [-0.2, 0) is 17.6 Å². The van der Waals surface area contributed by atoms with Crippen LogP contribution < -0.4 is 4.74 Å². The molecule has 1 aliphatic heterocycles. The van der Waals surface area contributed by atoms with Crippen molar-refractivity contribution in [1.29, 1.82) is 0 Å². The van der Waals surface area contributed by atoms with Gasteiger partial charge in [0.1, 0.15) is 5.75 Å². The fourth-order valence-electron chi connectivity index (χ4n) is 3.77. The maximum absolute atomic E-state index is 13.1. The van der Waals surface area contributed by atoms with Gasteiger partial charge in [-0.2, -0.15) is 0 Å². The molecular formula is C23H23NO2S. The zero-order valence-electron chi connectivity index (χ0n) is 15.4. The molecule has 1 unspecified atom stereocenters. The second kappa shape index (κ2) is 7.97. The highest BCUT2D eigenvalue weighted by atomic mass is 32.1. The number of thiophene rings is 1. The highest BCUT2D eigenvalue weighted by Crippen LogP contribution is 2.38. The number of carbonyl (C=O) groups excluding carboxylic acids is 1. The number of ether oxygens (including phenoxy) is 1. The Hall–Kier alpha value is -2.59. The maximum Gasteiger partial charge on any atom is 0.223 e. The summed E-state index contributed by atoms with van der Waals surface area (Å²) in [7, 11) is 1.66. The highest BCUT2D eigenvalue weighted by Gasteiger charge is 2.32. The first-order valence-electron chi connectivity index (χ1n) is 9.30. The molecule has 27 heavy (non-hydrogen) atoms. The Kier molecular flexibility index (Phi) is 5.26. The summed E-state index contributed by atoms with van der Waals surface area (Å²) in [5, 5.41) is 2.14. The Morgan fingerprint density at radius 2 is 1.89 bits per heavy atom. The van der Waals surface area contributed by atoms with Gasteiger partial charge >= 0.3 is 0 Å². The number of methoxy groups -OCH3 is 1. The second-order valence-corrected chi connectivity index (χ2v) is 7.80. The largest absolute Gasteiger partial charge is 0.497 e. The summed E-state index contributed by atoms with van der Waals surface area (Å²) in [5.41, 5.74) is 3.64. The van der Waals surface area contributed by atoms with Crippen LogP contribution in [0.15, 0.2) is 66.0 Å². The molecule has 0 saturated heterocycles. The lowest BCUT2D eigenvalue weighted by molar-refractivity contribution is -0.133. The summed E-state index contributed by atoms with van der Waals surface area (Å²) in [6.07, 6.45) is 2.22. The Labute approximate surface area is 164 Å². The third-order valence-electron chi connectivity index (χ3n) is 5.19. The topological polar surface area (TPSA) is 29.5 Å². The van der Waals surface area contributed by atoms with E-state index in [2.05, 4.69) is 40.6 Å². The normalized spacial score (nSPS) is 16.0. The Morgan fingerprint density at radius 3 is 2.63 bits per heavy atom. The van der Waals surface area contributed by atoms with Crippen LogP contribution in [0.3, 0.4) is 0 Å². The van der Waals surface area contributed by atoms with Gasteiger partial charge < -0.3 is 9.64 Å². The van der Waals surface area contributed by atoms with Gasteiger partial charge in [0.2, 0.25) is 5.91 Å². The SMILES string of the molecule is COc1ccc(CCC(=O)N2CCc3sccc3C2c2ccccc2)cc1. The van der Waals surface area contributed by atoms with Gasteiger partial charge in [-0.25, -0.2) is 0 Å². The fraction of sp³-hybridized carbons (Fsp3) is 0.261. The van der Waals surface area contributed by atoms with E-state index in [0.717, 1.165) is 30.7 Å². The van der Waals surface area contributed by atoms with E-state index in [9.17, 15) is 4.79 Å². The molecule has 0 N–H and O–H groups in total. The van der Waals surface area contributed by atoms with E-state index in [-0.39, 0.29) is 11.9 Å². The van der Waals surface area contributed by atoms with Gasteiger partial charge in [-0.05, 0) is 53.1 Å². The number of fused-ring (bicyclic) bond motifs is 1. The molecule has 0 aliphatic carbocycles. The molecule has 1 aliphatic rings. The summed E-state index contributed by atoms with van der Waals surface area (Å²) < 4.78 is 5.20. The molecule has 1 atom stereocenters. The molecule has 4 rings (SSSR count). The Bertz CT molecular complexity index is 902. The fourth-order valence-corrected chi connectivity index (χ4v) is 4.67. The van der Waals surface area contributed by atoms with Crippen LogP contribution >= 0.6 is 11.3 Å². The van der Waals surface area contributed by atoms with E-state index in [1.807, 2.05) is 30.3 Å². The van der Waals surface area contributed by atoms with Crippen molar-refractivity contribution in [3.63, 3.8) is 0 Å². The average molecular weight is 378 g/mol. The third-order valence-corrected chi connectivity index (χ3v) is 6.18. The minimum absolute atomic E-state index is 0.0320. The monoisotopic (exact) mass is 377 g/mol. The van der Waals surface area contributed by atoms with Crippen LogP contribution in [0.4, 0.5) is 0 Å². The summed E-state index contributed by atoms with van der Waals surface area (Å²) in [6.45, 7) is 0.786. The van der Waals surface area contributed by atoms with E-state index >= 15 is 0 Å². The second-order valence-electron chi connectivity index (χ2n) is 6.80. The van der Waals surface area contributed by atoms with Crippen LogP contribution in [-0.4, -0.2) is 24.5 Å². The summed E-state index contributed by atoms with van der Waals surface area (Å²) >= 11 is 1.80. The molecule has 0 fully saturated rings. The van der Waals surface area contributed by atoms with Gasteiger partial charge in [-0.1, -0.05) is 42.5 Å². The van der Waals surface area contributed by atoms with Crippen LogP contribution in [0.25, 0.3) is 0 Å². The van der Waals surface area contributed by atoms with Crippen LogP contribution in [0, 0.1) is 0 Å². The van der Waals surface area contributed by atoms with Crippen molar-refractivity contribution in [3.8, 4) is 5.75 Å². The minimum Gasteiger partial charge on any atom is -0.497 e. The predicted octanol–water partition coefficient (Wildman–Crippen LogP) is 4.86. The predicted molar refractivity (Wildman–Crippen MR) is 109 cm³/mol. The molecule has 3 nitrogen and oxygen atoms in total. The lowest BCUT2D eigenvalue weighted by atomic mass is 9.92. The quantitative estimate of drug-likeness (QED) is 0.635. The lowest BCUT2D eigenvalue weighted by Crippen LogP contribution is -2.40. The molecule has 1 amide bonds. The molecule has 3 aromatic rings. The summed E-state index contributed by atoms with van der Waals surface area (Å²) in [4.78, 5) is 16.6. The molecule has 2 aromatic carbocycles. The number of rotatable bonds is 5. The van der Waals surface area contributed by atoms with Gasteiger partial charge in [-0.3, -0.25) is 4.79 Å². The van der Waals surface area contributed by atoms with Crippen molar-refractivity contribution in [2.24, 2.45) is 0 Å². The van der Waals surface area contributed by atoms with Crippen LogP contribution in [0.2, 0.25) is 0 Å². The zero-order valence-corrected chi connectivity index (χ0v) is 16.2. The van der Waals surface area contributed by atoms with Gasteiger partial charge in [-0.15, -0.1) is 11.3 Å². The molecule has 0 saturated carbocycles. The molecule has 138 valence electrons. The molecule has 0 radical (unpaired) electrons. The number of hydrogen-bond acceptors (Lipinski definition) is 3. The van der Waals surface area contributed by atoms with Crippen molar-refractivity contribution in [1.82, 2.24) is 4.90 Å². The lowest BCUT2D eigenvalue weighted by Gasteiger charge is -2.36. The van der Waals surface area contributed by atoms with Gasteiger partial charge in [0.05, 0.1) is 13.2 Å². The Morgan fingerprint density at radius 1 is 1.11 bits per heavy atom. The van der Waals surface area contributed by atoms with Crippen molar-refractivity contribution in [2.45, 2.75) is 25.3 Å². The van der Waals surface area contributed by atoms with E-state index in [1.165, 1.54) is 16.0 Å². The summed E-state index contributed by atoms with van der Waals surface area (Å²) in [5.74, 6) is 1.06. The van der Waals surface area contributed by atoms with Crippen LogP contribution in [0.1, 0.15) is 34.0 Å². The molecular weight excluding hydrogens is 354 g/mol. The standard InChI is InChI=1S/C23H23NO2S/c1-26-19-10-7-17(8-11-19)9-12-22(25)24-15-13-21-20(14-16-27-21)23(24)18-5-3-2-4-6-18/h2-8,10-11,14,16,23H,9,12-13,15H2,1H3. The van der Waals surface area contributed by atoms with Gasteiger partial charge in [0.25, 0.3) is 0 Å². The number of carbonyl (C=O) groups is 1. The van der Waals surface area contributed by atoms with E-state index in [4.69, 9.17) is 4.74 Å². The van der Waals surface area contributed by atoms with E-state index in [0.29, 0.717) is 6.42 Å². The highest BCUT2D eigenvalue weighted by molar-refractivity contribution is 7.10. The van der Waals surface area contributed by atoms with Crippen molar-refractivity contribution < 1.29 is 9.53 Å². The number of aryl methyl sites for hydroxylation is 1. The Balaban J connectivity index is 1.53. The van der Waals surface area contributed by atoms with Crippen molar-refractivity contribution in [2.75, 3.05) is 13.7 Å². The van der Waals surface area contributed by atoms with Crippen molar-refractivity contribution >= 4 is 17.2 Å². The number of hydrogen-bond donors (Lipinski definition) is 0. The van der Waals surface area contributed by atoms with Gasteiger partial charge in [0.15, 0.2) is 0 Å². The van der Waals surface area contributed by atoms with Crippen molar-refractivity contribution in [3.05, 3.63) is 87.6 Å². The molecule has 1 aromatic heterocycles. The number of benzene rings is 2. The average Bonchev–Trinajstić information content (AvgIpc) is 3.21. The first kappa shape index (κ1) is 17.8. The first-order valence-corrected chi connectivity index (χ1v) is 10.2. The smallest absolute Gasteiger partial charge is 0.223 e. The molecule has 0 spiro atoms. The molecule has 4 heteroatoms. The number of nitrogens with zero attached hydrogens (tertiary/aromatic N) is 1. The summed E-state index contributed by atoms with van der Waals surface area (Å²) in [6, 6.07) is 20.6. The number of amides is 1. The first-order chi connectivity index (χ1) is 13.3. The van der Waals surface area contributed by atoms with E-state index < -0.39 is 0 Å². The maximum atomic E-state index is 13.1. The third kappa shape index (κ3) is 3.76. The van der Waals surface area contributed by atoms with Gasteiger partial charge in [0, 0.05) is 17.8 Å². The minimum atomic E-state index is 0.0320. The van der Waals surface area contributed by atoms with Crippen LogP contribution in [0.5, 0.6) is 5.75 Å². The van der Waals surface area contributed by atoms with E-state index in [1.54, 1.807) is 18.4 Å². The molecule has 2 heterocycles.